The molecule has 4 aromatic rings. The lowest BCUT2D eigenvalue weighted by Crippen LogP contribution is -2.29. The monoisotopic (exact) mass is 455 g/mol. The Balaban J connectivity index is 1.43. The SMILES string of the molecule is COc1ccc(C(C)n2c(=O)ccc3cnc(Nc4ccc(N5CCCCC5)cc4)nc32)cc1. The van der Waals surface area contributed by atoms with E-state index in [-0.39, 0.29) is 11.6 Å². The molecule has 1 saturated heterocycles. The zero-order chi connectivity index (χ0) is 23.5. The number of nitrogens with zero attached hydrogens (tertiary/aromatic N) is 4. The Morgan fingerprint density at radius 1 is 0.941 bits per heavy atom. The van der Waals surface area contributed by atoms with Crippen molar-refractivity contribution in [3.8, 4) is 5.75 Å². The van der Waals surface area contributed by atoms with Crippen molar-refractivity contribution in [2.45, 2.75) is 32.2 Å². The fourth-order valence-electron chi connectivity index (χ4n) is 4.54. The molecule has 0 radical (unpaired) electrons. The van der Waals surface area contributed by atoms with E-state index in [1.165, 1.54) is 24.9 Å². The highest BCUT2D eigenvalue weighted by molar-refractivity contribution is 5.76. The molecule has 1 atom stereocenters. The number of rotatable bonds is 6. The maximum atomic E-state index is 12.9. The van der Waals surface area contributed by atoms with Gasteiger partial charge in [-0.25, -0.2) is 4.98 Å². The Labute approximate surface area is 199 Å². The Morgan fingerprint density at radius 3 is 2.38 bits per heavy atom. The Hall–Kier alpha value is -3.87. The number of benzene rings is 2. The Kier molecular flexibility index (Phi) is 6.16. The number of hydrogen-bond donors (Lipinski definition) is 1. The van der Waals surface area contributed by atoms with Gasteiger partial charge in [0.15, 0.2) is 0 Å². The first-order valence-corrected chi connectivity index (χ1v) is 11.8. The van der Waals surface area contributed by atoms with Gasteiger partial charge >= 0.3 is 0 Å². The van der Waals surface area contributed by atoms with E-state index in [2.05, 4.69) is 39.5 Å². The first kappa shape index (κ1) is 21.9. The highest BCUT2D eigenvalue weighted by atomic mass is 16.5. The molecule has 34 heavy (non-hydrogen) atoms. The second-order valence-electron chi connectivity index (χ2n) is 8.68. The predicted octanol–water partition coefficient (Wildman–Crippen LogP) is 5.14. The molecule has 2 aromatic heterocycles. The minimum absolute atomic E-state index is 0.105. The molecular formula is C27H29N5O2. The molecule has 5 rings (SSSR count). The van der Waals surface area contributed by atoms with Crippen LogP contribution in [0.1, 0.15) is 37.8 Å². The van der Waals surface area contributed by atoms with Crippen LogP contribution in [0.2, 0.25) is 0 Å². The zero-order valence-corrected chi connectivity index (χ0v) is 19.6. The molecule has 7 nitrogen and oxygen atoms in total. The molecule has 3 heterocycles. The second-order valence-corrected chi connectivity index (χ2v) is 8.68. The van der Waals surface area contributed by atoms with Crippen LogP contribution in [0.5, 0.6) is 5.75 Å². The molecule has 2 aromatic carbocycles. The van der Waals surface area contributed by atoms with Crippen LogP contribution in [0, 0.1) is 0 Å². The van der Waals surface area contributed by atoms with Gasteiger partial charge in [0.05, 0.1) is 13.2 Å². The molecule has 1 aliphatic heterocycles. The van der Waals surface area contributed by atoms with E-state index in [9.17, 15) is 4.79 Å². The quantitative estimate of drug-likeness (QED) is 0.434. The van der Waals surface area contributed by atoms with Crippen LogP contribution in [0.15, 0.2) is 71.7 Å². The maximum Gasteiger partial charge on any atom is 0.252 e. The molecule has 7 heteroatoms. The van der Waals surface area contributed by atoms with Gasteiger partial charge in [-0.05, 0) is 74.2 Å². The summed E-state index contributed by atoms with van der Waals surface area (Å²) in [6, 6.07) is 19.3. The van der Waals surface area contributed by atoms with E-state index < -0.39 is 0 Å². The van der Waals surface area contributed by atoms with E-state index in [1.807, 2.05) is 31.2 Å². The average molecular weight is 456 g/mol. The summed E-state index contributed by atoms with van der Waals surface area (Å²) < 4.78 is 6.97. The number of piperidine rings is 1. The summed E-state index contributed by atoms with van der Waals surface area (Å²) in [6.45, 7) is 4.23. The topological polar surface area (TPSA) is 72.3 Å². The molecule has 0 bridgehead atoms. The number of aromatic nitrogens is 3. The van der Waals surface area contributed by atoms with Crippen LogP contribution in [0.4, 0.5) is 17.3 Å². The van der Waals surface area contributed by atoms with E-state index in [0.29, 0.717) is 11.6 Å². The first-order chi connectivity index (χ1) is 16.6. The number of hydrogen-bond acceptors (Lipinski definition) is 6. The largest absolute Gasteiger partial charge is 0.497 e. The number of fused-ring (bicyclic) bond motifs is 1. The number of pyridine rings is 1. The van der Waals surface area contributed by atoms with Gasteiger partial charge in [0.25, 0.3) is 5.56 Å². The van der Waals surface area contributed by atoms with E-state index >= 15 is 0 Å². The van der Waals surface area contributed by atoms with Crippen molar-refractivity contribution in [1.82, 2.24) is 14.5 Å². The van der Waals surface area contributed by atoms with Crippen LogP contribution in [0.25, 0.3) is 11.0 Å². The molecule has 1 fully saturated rings. The number of nitrogens with one attached hydrogen (secondary N) is 1. The summed E-state index contributed by atoms with van der Waals surface area (Å²) in [7, 11) is 1.64. The Morgan fingerprint density at radius 2 is 1.68 bits per heavy atom. The smallest absolute Gasteiger partial charge is 0.252 e. The second kappa shape index (κ2) is 9.55. The number of methoxy groups -OCH3 is 1. The van der Waals surface area contributed by atoms with Crippen LogP contribution in [-0.4, -0.2) is 34.7 Å². The minimum atomic E-state index is -0.200. The fraction of sp³-hybridized carbons (Fsp3) is 0.296. The number of ether oxygens (including phenoxy) is 1. The van der Waals surface area contributed by atoms with Crippen molar-refractivity contribution in [3.63, 3.8) is 0 Å². The predicted molar refractivity (Wildman–Crippen MR) is 136 cm³/mol. The summed E-state index contributed by atoms with van der Waals surface area (Å²) in [5.74, 6) is 1.24. The normalized spacial score (nSPS) is 14.7. The maximum absolute atomic E-state index is 12.9. The lowest BCUT2D eigenvalue weighted by atomic mass is 10.1. The van der Waals surface area contributed by atoms with Crippen LogP contribution in [-0.2, 0) is 0 Å². The minimum Gasteiger partial charge on any atom is -0.497 e. The molecule has 0 amide bonds. The van der Waals surface area contributed by atoms with Gasteiger partial charge in [0, 0.05) is 42.1 Å². The van der Waals surface area contributed by atoms with Gasteiger partial charge in [0.2, 0.25) is 5.95 Å². The van der Waals surface area contributed by atoms with E-state index in [1.54, 1.807) is 30.0 Å². The molecule has 0 saturated carbocycles. The summed E-state index contributed by atoms with van der Waals surface area (Å²) in [5, 5.41) is 4.11. The van der Waals surface area contributed by atoms with Crippen LogP contribution < -0.4 is 20.5 Å². The average Bonchev–Trinajstić information content (AvgIpc) is 2.89. The molecule has 1 N–H and O–H groups in total. The molecule has 0 aliphatic carbocycles. The highest BCUT2D eigenvalue weighted by Crippen LogP contribution is 2.25. The molecule has 0 spiro atoms. The van der Waals surface area contributed by atoms with Crippen LogP contribution in [0.3, 0.4) is 0 Å². The summed E-state index contributed by atoms with van der Waals surface area (Å²) in [5.41, 5.74) is 3.64. The van der Waals surface area contributed by atoms with Gasteiger partial charge in [-0.1, -0.05) is 12.1 Å². The van der Waals surface area contributed by atoms with E-state index in [4.69, 9.17) is 9.72 Å². The molecular weight excluding hydrogens is 426 g/mol. The third-order valence-corrected chi connectivity index (χ3v) is 6.50. The van der Waals surface area contributed by atoms with Gasteiger partial charge in [0.1, 0.15) is 11.4 Å². The lowest BCUT2D eigenvalue weighted by Gasteiger charge is -2.28. The Bertz CT molecular complexity index is 1330. The van der Waals surface area contributed by atoms with Crippen molar-refractivity contribution in [3.05, 3.63) is 82.8 Å². The lowest BCUT2D eigenvalue weighted by molar-refractivity contribution is 0.414. The third kappa shape index (κ3) is 4.46. The van der Waals surface area contributed by atoms with Gasteiger partial charge < -0.3 is 15.0 Å². The van der Waals surface area contributed by atoms with Crippen molar-refractivity contribution in [2.75, 3.05) is 30.4 Å². The standard InChI is InChI=1S/C27H29N5O2/c1-19(20-6-13-24(34-2)14-7-20)32-25(33)15-8-21-18-28-27(30-26(21)32)29-22-9-11-23(12-10-22)31-16-4-3-5-17-31/h6-15,18-19H,3-5,16-17H2,1-2H3,(H,28,29,30). The molecule has 174 valence electrons. The zero-order valence-electron chi connectivity index (χ0n) is 19.6. The number of anilines is 3. The fourth-order valence-corrected chi connectivity index (χ4v) is 4.54. The molecule has 1 aliphatic rings. The van der Waals surface area contributed by atoms with Crippen molar-refractivity contribution in [1.29, 1.82) is 0 Å². The van der Waals surface area contributed by atoms with Gasteiger partial charge in [-0.15, -0.1) is 0 Å². The third-order valence-electron chi connectivity index (χ3n) is 6.50. The van der Waals surface area contributed by atoms with Crippen LogP contribution >= 0.6 is 0 Å². The molecule has 1 unspecified atom stereocenters. The van der Waals surface area contributed by atoms with Crippen molar-refractivity contribution < 1.29 is 4.74 Å². The van der Waals surface area contributed by atoms with E-state index in [0.717, 1.165) is 35.5 Å². The highest BCUT2D eigenvalue weighted by Gasteiger charge is 2.15. The van der Waals surface area contributed by atoms with Crippen molar-refractivity contribution >= 4 is 28.4 Å². The van der Waals surface area contributed by atoms with Gasteiger partial charge in [-0.2, -0.15) is 4.98 Å². The summed E-state index contributed by atoms with van der Waals surface area (Å²) >= 11 is 0. The summed E-state index contributed by atoms with van der Waals surface area (Å²) in [4.78, 5) is 24.5. The van der Waals surface area contributed by atoms with Gasteiger partial charge in [-0.3, -0.25) is 9.36 Å². The first-order valence-electron chi connectivity index (χ1n) is 11.8. The summed E-state index contributed by atoms with van der Waals surface area (Å²) in [6.07, 6.45) is 5.57. The van der Waals surface area contributed by atoms with Crippen molar-refractivity contribution in [2.24, 2.45) is 0 Å².